The van der Waals surface area contributed by atoms with Gasteiger partial charge in [0.15, 0.2) is 18.1 Å². The molecule has 3 amide bonds. The van der Waals surface area contributed by atoms with Gasteiger partial charge in [-0.2, -0.15) is 0 Å². The van der Waals surface area contributed by atoms with E-state index >= 15 is 0 Å². The number of amides is 3. The fourth-order valence-electron chi connectivity index (χ4n) is 4.08. The Morgan fingerprint density at radius 3 is 2.12 bits per heavy atom. The molecule has 0 radical (unpaired) electrons. The highest BCUT2D eigenvalue weighted by Gasteiger charge is 2.26. The molecule has 32 heavy (non-hydrogen) atoms. The number of likely N-dealkylation sites (tertiary alicyclic amines) is 1. The Balaban J connectivity index is 1.61. The molecule has 8 nitrogen and oxygen atoms in total. The molecule has 0 N–H and O–H groups in total. The molecule has 176 valence electrons. The van der Waals surface area contributed by atoms with Gasteiger partial charge in [0.25, 0.3) is 11.8 Å². The molecule has 8 heteroatoms. The number of benzene rings is 1. The summed E-state index contributed by atoms with van der Waals surface area (Å²) >= 11 is 0. The zero-order valence-corrected chi connectivity index (χ0v) is 19.5. The number of carbonyl (C=O) groups excluding carboxylic acids is 3. The van der Waals surface area contributed by atoms with Crippen LogP contribution in [0.4, 0.5) is 0 Å². The van der Waals surface area contributed by atoms with Gasteiger partial charge in [0.2, 0.25) is 5.91 Å². The van der Waals surface area contributed by atoms with Crippen LogP contribution in [0, 0.1) is 5.92 Å². The lowest BCUT2D eigenvalue weighted by molar-refractivity contribution is -0.136. The first-order chi connectivity index (χ1) is 15.4. The summed E-state index contributed by atoms with van der Waals surface area (Å²) in [5, 5.41) is 0. The molecule has 0 atom stereocenters. The SMILES string of the molecule is CCOc1cc(C(=O)N2CCN(C(=O)C(C)C)CC2)ccc1OCC(=O)N1CCCCC1. The van der Waals surface area contributed by atoms with E-state index in [2.05, 4.69) is 0 Å². The van der Waals surface area contributed by atoms with Gasteiger partial charge >= 0.3 is 0 Å². The number of hydrogen-bond acceptors (Lipinski definition) is 5. The Kier molecular flexibility index (Phi) is 8.36. The van der Waals surface area contributed by atoms with E-state index in [4.69, 9.17) is 9.47 Å². The molecule has 0 aliphatic carbocycles. The molecule has 0 spiro atoms. The largest absolute Gasteiger partial charge is 0.490 e. The third-order valence-corrected chi connectivity index (χ3v) is 5.92. The second-order valence-corrected chi connectivity index (χ2v) is 8.60. The highest BCUT2D eigenvalue weighted by molar-refractivity contribution is 5.95. The van der Waals surface area contributed by atoms with E-state index in [9.17, 15) is 14.4 Å². The van der Waals surface area contributed by atoms with Crippen LogP contribution in [0.3, 0.4) is 0 Å². The molecule has 0 saturated carbocycles. The minimum Gasteiger partial charge on any atom is -0.490 e. The van der Waals surface area contributed by atoms with Gasteiger partial charge in [0.1, 0.15) is 0 Å². The normalized spacial score (nSPS) is 16.8. The zero-order valence-electron chi connectivity index (χ0n) is 19.5. The molecular formula is C24H35N3O5. The Bertz CT molecular complexity index is 812. The smallest absolute Gasteiger partial charge is 0.260 e. The van der Waals surface area contributed by atoms with Gasteiger partial charge in [-0.1, -0.05) is 13.8 Å². The van der Waals surface area contributed by atoms with Gasteiger partial charge in [0.05, 0.1) is 6.61 Å². The van der Waals surface area contributed by atoms with Crippen molar-refractivity contribution < 1.29 is 23.9 Å². The molecule has 2 aliphatic heterocycles. The van der Waals surface area contributed by atoms with Crippen molar-refractivity contribution in [1.82, 2.24) is 14.7 Å². The van der Waals surface area contributed by atoms with Crippen molar-refractivity contribution in [3.05, 3.63) is 23.8 Å². The van der Waals surface area contributed by atoms with Crippen LogP contribution in [0.5, 0.6) is 11.5 Å². The number of ether oxygens (including phenoxy) is 2. The van der Waals surface area contributed by atoms with Gasteiger partial charge in [0, 0.05) is 50.7 Å². The lowest BCUT2D eigenvalue weighted by atomic mass is 10.1. The molecule has 2 heterocycles. The van der Waals surface area contributed by atoms with Crippen molar-refractivity contribution >= 4 is 17.7 Å². The van der Waals surface area contributed by atoms with Crippen molar-refractivity contribution in [3.8, 4) is 11.5 Å². The van der Waals surface area contributed by atoms with Gasteiger partial charge < -0.3 is 24.2 Å². The average molecular weight is 446 g/mol. The summed E-state index contributed by atoms with van der Waals surface area (Å²) in [5.41, 5.74) is 0.506. The first kappa shape index (κ1) is 23.9. The van der Waals surface area contributed by atoms with E-state index < -0.39 is 0 Å². The highest BCUT2D eigenvalue weighted by atomic mass is 16.5. The summed E-state index contributed by atoms with van der Waals surface area (Å²) in [6.45, 7) is 9.67. The molecule has 0 bridgehead atoms. The van der Waals surface area contributed by atoms with E-state index in [-0.39, 0.29) is 30.2 Å². The molecule has 2 aliphatic rings. The van der Waals surface area contributed by atoms with E-state index in [1.165, 1.54) is 0 Å². The fourth-order valence-corrected chi connectivity index (χ4v) is 4.08. The summed E-state index contributed by atoms with van der Waals surface area (Å²) in [6.07, 6.45) is 3.23. The maximum atomic E-state index is 13.0. The Hall–Kier alpha value is -2.77. The van der Waals surface area contributed by atoms with Crippen molar-refractivity contribution in [3.63, 3.8) is 0 Å². The maximum Gasteiger partial charge on any atom is 0.260 e. The van der Waals surface area contributed by atoms with Gasteiger partial charge in [-0.15, -0.1) is 0 Å². The number of hydrogen-bond donors (Lipinski definition) is 0. The average Bonchev–Trinajstić information content (AvgIpc) is 2.82. The van der Waals surface area contributed by atoms with Crippen molar-refractivity contribution in [2.45, 2.75) is 40.0 Å². The molecule has 0 aromatic heterocycles. The Labute approximate surface area is 190 Å². The van der Waals surface area contributed by atoms with Crippen LogP contribution in [0.25, 0.3) is 0 Å². The molecule has 1 aromatic carbocycles. The Morgan fingerprint density at radius 1 is 0.844 bits per heavy atom. The lowest BCUT2D eigenvalue weighted by Crippen LogP contribution is -2.51. The molecule has 0 unspecified atom stereocenters. The topological polar surface area (TPSA) is 79.4 Å². The number of piperidine rings is 1. The number of nitrogens with zero attached hydrogens (tertiary/aromatic N) is 3. The fraction of sp³-hybridized carbons (Fsp3) is 0.625. The van der Waals surface area contributed by atoms with Crippen LogP contribution in [0.2, 0.25) is 0 Å². The van der Waals surface area contributed by atoms with Crippen LogP contribution < -0.4 is 9.47 Å². The van der Waals surface area contributed by atoms with E-state index in [0.717, 1.165) is 32.4 Å². The van der Waals surface area contributed by atoms with Crippen molar-refractivity contribution in [2.75, 3.05) is 52.5 Å². The standard InChI is InChI=1S/C24H35N3O5/c1-4-31-21-16-19(24(30)27-14-12-26(13-15-27)23(29)18(2)3)8-9-20(21)32-17-22(28)25-10-6-5-7-11-25/h8-9,16,18H,4-7,10-15,17H2,1-3H3. The minimum atomic E-state index is -0.0986. The number of rotatable bonds is 7. The summed E-state index contributed by atoms with van der Waals surface area (Å²) in [5.74, 6) is 0.871. The predicted octanol–water partition coefficient (Wildman–Crippen LogP) is 2.42. The predicted molar refractivity (Wildman–Crippen MR) is 121 cm³/mol. The van der Waals surface area contributed by atoms with Crippen LogP contribution in [0.15, 0.2) is 18.2 Å². The van der Waals surface area contributed by atoms with Crippen molar-refractivity contribution in [1.29, 1.82) is 0 Å². The van der Waals surface area contributed by atoms with E-state index in [1.807, 2.05) is 30.6 Å². The van der Waals surface area contributed by atoms with Crippen LogP contribution in [0.1, 0.15) is 50.4 Å². The summed E-state index contributed by atoms with van der Waals surface area (Å²) in [6, 6.07) is 5.08. The molecule has 2 saturated heterocycles. The Morgan fingerprint density at radius 2 is 1.50 bits per heavy atom. The van der Waals surface area contributed by atoms with Gasteiger partial charge in [-0.25, -0.2) is 0 Å². The molecule has 1 aromatic rings. The number of piperazine rings is 1. The van der Waals surface area contributed by atoms with Crippen molar-refractivity contribution in [2.24, 2.45) is 5.92 Å². The first-order valence-electron chi connectivity index (χ1n) is 11.7. The first-order valence-corrected chi connectivity index (χ1v) is 11.7. The highest BCUT2D eigenvalue weighted by Crippen LogP contribution is 2.29. The lowest BCUT2D eigenvalue weighted by Gasteiger charge is -2.35. The van der Waals surface area contributed by atoms with E-state index in [1.54, 1.807) is 23.1 Å². The minimum absolute atomic E-state index is 0.0267. The third-order valence-electron chi connectivity index (χ3n) is 5.92. The summed E-state index contributed by atoms with van der Waals surface area (Å²) < 4.78 is 11.5. The quantitative estimate of drug-likeness (QED) is 0.644. The van der Waals surface area contributed by atoms with E-state index in [0.29, 0.717) is 49.8 Å². The third kappa shape index (κ3) is 5.93. The van der Waals surface area contributed by atoms with Crippen LogP contribution in [-0.4, -0.2) is 84.9 Å². The zero-order chi connectivity index (χ0) is 23.1. The number of carbonyl (C=O) groups is 3. The van der Waals surface area contributed by atoms with Gasteiger partial charge in [-0.3, -0.25) is 14.4 Å². The molecule has 2 fully saturated rings. The second kappa shape index (κ2) is 11.2. The van der Waals surface area contributed by atoms with Crippen LogP contribution in [-0.2, 0) is 9.59 Å². The molecular weight excluding hydrogens is 410 g/mol. The van der Waals surface area contributed by atoms with Gasteiger partial charge in [-0.05, 0) is 44.4 Å². The maximum absolute atomic E-state index is 13.0. The summed E-state index contributed by atoms with van der Waals surface area (Å²) in [4.78, 5) is 43.0. The van der Waals surface area contributed by atoms with Crippen LogP contribution >= 0.6 is 0 Å². The monoisotopic (exact) mass is 445 g/mol. The molecule has 3 rings (SSSR count). The summed E-state index contributed by atoms with van der Waals surface area (Å²) in [7, 11) is 0. The second-order valence-electron chi connectivity index (χ2n) is 8.60.